The summed E-state index contributed by atoms with van der Waals surface area (Å²) < 4.78 is 6.20. The SMILES string of the molecule is C=C(C)C(=O)OC1(C2CC3CCC2C3)CCC(C(C)(C)C)CC1. The maximum Gasteiger partial charge on any atom is 0.333 e. The Bertz CT molecular complexity index is 477. The van der Waals surface area contributed by atoms with Gasteiger partial charge in [0.15, 0.2) is 0 Å². The van der Waals surface area contributed by atoms with Gasteiger partial charge in [-0.2, -0.15) is 0 Å². The van der Waals surface area contributed by atoms with Crippen molar-refractivity contribution >= 4 is 5.97 Å². The van der Waals surface area contributed by atoms with Gasteiger partial charge in [-0.3, -0.25) is 0 Å². The Labute approximate surface area is 142 Å². The summed E-state index contributed by atoms with van der Waals surface area (Å²) in [6.07, 6.45) is 9.92. The molecule has 0 radical (unpaired) electrons. The molecule has 0 heterocycles. The zero-order valence-electron chi connectivity index (χ0n) is 15.5. The Morgan fingerprint density at radius 2 is 1.74 bits per heavy atom. The van der Waals surface area contributed by atoms with Crippen molar-refractivity contribution in [2.24, 2.45) is 29.1 Å². The highest BCUT2D eigenvalue weighted by Crippen LogP contribution is 2.57. The van der Waals surface area contributed by atoms with E-state index in [-0.39, 0.29) is 11.6 Å². The molecular weight excluding hydrogens is 284 g/mol. The third-order valence-electron chi connectivity index (χ3n) is 7.11. The van der Waals surface area contributed by atoms with Gasteiger partial charge in [-0.15, -0.1) is 0 Å². The van der Waals surface area contributed by atoms with E-state index in [9.17, 15) is 4.79 Å². The van der Waals surface area contributed by atoms with Crippen molar-refractivity contribution in [2.75, 3.05) is 0 Å². The van der Waals surface area contributed by atoms with Crippen LogP contribution in [0.2, 0.25) is 0 Å². The number of esters is 1. The highest BCUT2D eigenvalue weighted by atomic mass is 16.6. The van der Waals surface area contributed by atoms with Gasteiger partial charge in [-0.25, -0.2) is 4.79 Å². The van der Waals surface area contributed by atoms with E-state index in [1.807, 2.05) is 0 Å². The predicted molar refractivity (Wildman–Crippen MR) is 94.0 cm³/mol. The second-order valence-corrected chi connectivity index (χ2v) is 9.66. The summed E-state index contributed by atoms with van der Waals surface area (Å²) in [5.41, 5.74) is 0.710. The fourth-order valence-electron chi connectivity index (χ4n) is 5.68. The van der Waals surface area contributed by atoms with Gasteiger partial charge in [0.25, 0.3) is 0 Å². The van der Waals surface area contributed by atoms with E-state index in [0.29, 0.717) is 16.9 Å². The smallest absolute Gasteiger partial charge is 0.333 e. The molecule has 2 nitrogen and oxygen atoms in total. The molecule has 3 rings (SSSR count). The van der Waals surface area contributed by atoms with Crippen molar-refractivity contribution in [2.45, 2.75) is 84.7 Å². The maximum atomic E-state index is 12.3. The molecule has 3 aliphatic carbocycles. The van der Waals surface area contributed by atoms with Crippen LogP contribution in [0, 0.1) is 29.1 Å². The average molecular weight is 319 g/mol. The summed E-state index contributed by atoms with van der Waals surface area (Å²) >= 11 is 0. The molecule has 3 atom stereocenters. The second-order valence-electron chi connectivity index (χ2n) is 9.66. The summed E-state index contributed by atoms with van der Waals surface area (Å²) in [5.74, 6) is 2.88. The van der Waals surface area contributed by atoms with Crippen molar-refractivity contribution in [1.29, 1.82) is 0 Å². The van der Waals surface area contributed by atoms with Crippen LogP contribution in [-0.4, -0.2) is 11.6 Å². The first kappa shape index (κ1) is 17.0. The van der Waals surface area contributed by atoms with E-state index in [1.54, 1.807) is 6.92 Å². The Morgan fingerprint density at radius 1 is 1.09 bits per heavy atom. The van der Waals surface area contributed by atoms with Crippen LogP contribution in [-0.2, 0) is 9.53 Å². The Balaban J connectivity index is 1.78. The van der Waals surface area contributed by atoms with Crippen molar-refractivity contribution in [3.05, 3.63) is 12.2 Å². The predicted octanol–water partition coefficient (Wildman–Crippen LogP) is 5.52. The Morgan fingerprint density at radius 3 is 2.17 bits per heavy atom. The first-order valence-corrected chi connectivity index (χ1v) is 9.60. The zero-order chi connectivity index (χ0) is 16.8. The molecule has 0 spiro atoms. The monoisotopic (exact) mass is 318 g/mol. The molecule has 2 bridgehead atoms. The molecule has 0 saturated heterocycles. The number of ether oxygens (including phenoxy) is 1. The summed E-state index contributed by atoms with van der Waals surface area (Å²) in [6, 6.07) is 0. The van der Waals surface area contributed by atoms with Crippen LogP contribution >= 0.6 is 0 Å². The number of rotatable bonds is 3. The van der Waals surface area contributed by atoms with Crippen LogP contribution in [0.1, 0.15) is 79.1 Å². The van der Waals surface area contributed by atoms with Crippen LogP contribution in [0.4, 0.5) is 0 Å². The molecule has 3 aliphatic rings. The topological polar surface area (TPSA) is 26.3 Å². The van der Waals surface area contributed by atoms with Gasteiger partial charge in [-0.1, -0.05) is 33.8 Å². The van der Waals surface area contributed by atoms with E-state index >= 15 is 0 Å². The van der Waals surface area contributed by atoms with Gasteiger partial charge in [0.2, 0.25) is 0 Å². The van der Waals surface area contributed by atoms with E-state index in [0.717, 1.165) is 30.6 Å². The van der Waals surface area contributed by atoms with Gasteiger partial charge in [0.05, 0.1) is 0 Å². The summed E-state index contributed by atoms with van der Waals surface area (Å²) in [7, 11) is 0. The fourth-order valence-corrected chi connectivity index (χ4v) is 5.68. The maximum absolute atomic E-state index is 12.3. The Kier molecular flexibility index (Phi) is 4.40. The molecule has 0 aliphatic heterocycles. The van der Waals surface area contributed by atoms with Crippen LogP contribution < -0.4 is 0 Å². The van der Waals surface area contributed by atoms with Gasteiger partial charge in [0, 0.05) is 11.5 Å². The van der Waals surface area contributed by atoms with Crippen LogP contribution in [0.25, 0.3) is 0 Å². The van der Waals surface area contributed by atoms with Gasteiger partial charge in [-0.05, 0) is 75.0 Å². The van der Waals surface area contributed by atoms with Gasteiger partial charge < -0.3 is 4.74 Å². The molecule has 3 fully saturated rings. The van der Waals surface area contributed by atoms with Crippen LogP contribution in [0.5, 0.6) is 0 Å². The molecule has 3 unspecified atom stereocenters. The summed E-state index contributed by atoms with van der Waals surface area (Å²) in [6.45, 7) is 12.6. The largest absolute Gasteiger partial charge is 0.455 e. The van der Waals surface area contributed by atoms with Crippen molar-refractivity contribution in [3.63, 3.8) is 0 Å². The second kappa shape index (κ2) is 5.93. The number of fused-ring (bicyclic) bond motifs is 2. The first-order valence-electron chi connectivity index (χ1n) is 9.60. The zero-order valence-corrected chi connectivity index (χ0v) is 15.5. The standard InChI is InChI=1S/C21H34O2/c1-14(2)19(22)23-21(18-13-15-6-7-16(18)12-15)10-8-17(9-11-21)20(3,4)5/h15-18H,1,6-13H2,2-5H3. The molecule has 0 N–H and O–H groups in total. The minimum Gasteiger partial charge on any atom is -0.455 e. The molecule has 23 heavy (non-hydrogen) atoms. The number of hydrogen-bond acceptors (Lipinski definition) is 2. The highest BCUT2D eigenvalue weighted by molar-refractivity contribution is 5.87. The molecular formula is C21H34O2. The lowest BCUT2D eigenvalue weighted by molar-refractivity contribution is -0.173. The van der Waals surface area contributed by atoms with E-state index in [2.05, 4.69) is 27.4 Å². The number of carbonyl (C=O) groups excluding carboxylic acids is 1. The van der Waals surface area contributed by atoms with E-state index in [1.165, 1.54) is 38.5 Å². The summed E-state index contributed by atoms with van der Waals surface area (Å²) in [4.78, 5) is 12.3. The van der Waals surface area contributed by atoms with Crippen molar-refractivity contribution in [1.82, 2.24) is 0 Å². The Hall–Kier alpha value is -0.790. The van der Waals surface area contributed by atoms with Crippen molar-refractivity contribution in [3.8, 4) is 0 Å². The quantitative estimate of drug-likeness (QED) is 0.506. The fraction of sp³-hybridized carbons (Fsp3) is 0.857. The van der Waals surface area contributed by atoms with E-state index in [4.69, 9.17) is 4.74 Å². The molecule has 0 aromatic carbocycles. The van der Waals surface area contributed by atoms with Crippen LogP contribution in [0.3, 0.4) is 0 Å². The van der Waals surface area contributed by atoms with E-state index < -0.39 is 0 Å². The normalized spacial score (nSPS) is 40.2. The molecule has 130 valence electrons. The lowest BCUT2D eigenvalue weighted by atomic mass is 9.62. The highest BCUT2D eigenvalue weighted by Gasteiger charge is 2.54. The third kappa shape index (κ3) is 3.23. The minimum atomic E-state index is -0.197. The lowest BCUT2D eigenvalue weighted by Crippen LogP contribution is -2.48. The average Bonchev–Trinajstić information content (AvgIpc) is 3.09. The van der Waals surface area contributed by atoms with Gasteiger partial charge >= 0.3 is 5.97 Å². The number of hydrogen-bond donors (Lipinski definition) is 0. The summed E-state index contributed by atoms with van der Waals surface area (Å²) in [5, 5.41) is 0. The number of carbonyl (C=O) groups is 1. The molecule has 0 aromatic heterocycles. The molecule has 3 saturated carbocycles. The van der Waals surface area contributed by atoms with Gasteiger partial charge in [0.1, 0.15) is 5.60 Å². The lowest BCUT2D eigenvalue weighted by Gasteiger charge is -2.48. The molecule has 2 heteroatoms. The third-order valence-corrected chi connectivity index (χ3v) is 7.11. The van der Waals surface area contributed by atoms with Crippen molar-refractivity contribution < 1.29 is 9.53 Å². The molecule has 0 aromatic rings. The first-order chi connectivity index (χ1) is 10.7. The van der Waals surface area contributed by atoms with Crippen LogP contribution in [0.15, 0.2) is 12.2 Å². The molecule has 0 amide bonds. The minimum absolute atomic E-state index is 0.165.